The molecule has 8 heteroatoms. The van der Waals surface area contributed by atoms with E-state index in [1.807, 2.05) is 18.2 Å². The van der Waals surface area contributed by atoms with Crippen molar-refractivity contribution in [2.45, 2.75) is 12.5 Å². The van der Waals surface area contributed by atoms with Crippen LogP contribution < -0.4 is 20.3 Å². The molecule has 1 amide bonds. The summed E-state index contributed by atoms with van der Waals surface area (Å²) >= 11 is 0. The number of benzene rings is 1. The number of nitrogens with one attached hydrogen (secondary N) is 2. The Bertz CT molecular complexity index is 491. The molecular weight excluding hydrogens is 353 g/mol. The second kappa shape index (κ2) is 12.2. The smallest absolute Gasteiger partial charge is 0.234 e. The summed E-state index contributed by atoms with van der Waals surface area (Å²) in [4.78, 5) is 14.1. The van der Waals surface area contributed by atoms with Gasteiger partial charge in [0.1, 0.15) is 5.75 Å². The number of ether oxygens (including phenoxy) is 2. The molecule has 2 N–H and O–H groups in total. The standard InChI is InChI=1S/C16H25N3O3.2ClH/c1-21-10-8-17-11-16(20)18-13-7-9-19(12-13)14-5-3-4-6-15(14)22-2;;/h3-6,13,17H,7-12H2,1-2H3,(H,18,20);2*1H. The number of rotatable bonds is 8. The first kappa shape index (κ1) is 22.8. The molecular formula is C16H27Cl2N3O3. The summed E-state index contributed by atoms with van der Waals surface area (Å²) in [6, 6.07) is 8.16. The van der Waals surface area contributed by atoms with Gasteiger partial charge < -0.3 is 25.0 Å². The molecule has 24 heavy (non-hydrogen) atoms. The summed E-state index contributed by atoms with van der Waals surface area (Å²) in [5, 5.41) is 6.12. The zero-order chi connectivity index (χ0) is 15.8. The van der Waals surface area contributed by atoms with E-state index in [-0.39, 0.29) is 36.8 Å². The summed E-state index contributed by atoms with van der Waals surface area (Å²) in [5.74, 6) is 0.902. The molecule has 1 aromatic rings. The van der Waals surface area contributed by atoms with Crippen LogP contribution in [0.1, 0.15) is 6.42 Å². The van der Waals surface area contributed by atoms with Crippen molar-refractivity contribution in [3.63, 3.8) is 0 Å². The minimum atomic E-state index is 0. The van der Waals surface area contributed by atoms with Crippen molar-refractivity contribution in [1.29, 1.82) is 0 Å². The van der Waals surface area contributed by atoms with Gasteiger partial charge in [0.05, 0.1) is 25.9 Å². The van der Waals surface area contributed by atoms with Crippen LogP contribution in [0.3, 0.4) is 0 Å². The van der Waals surface area contributed by atoms with Gasteiger partial charge in [0, 0.05) is 32.8 Å². The number of methoxy groups -OCH3 is 2. The van der Waals surface area contributed by atoms with Crippen LogP contribution in [0.25, 0.3) is 0 Å². The maximum Gasteiger partial charge on any atom is 0.234 e. The predicted molar refractivity (Wildman–Crippen MR) is 101 cm³/mol. The van der Waals surface area contributed by atoms with E-state index in [9.17, 15) is 4.79 Å². The molecule has 2 rings (SSSR count). The first-order valence-corrected chi connectivity index (χ1v) is 7.61. The average Bonchev–Trinajstić information content (AvgIpc) is 2.99. The first-order valence-electron chi connectivity index (χ1n) is 7.61. The largest absolute Gasteiger partial charge is 0.495 e. The minimum absolute atomic E-state index is 0. The fraction of sp³-hybridized carbons (Fsp3) is 0.562. The summed E-state index contributed by atoms with van der Waals surface area (Å²) < 4.78 is 10.3. The van der Waals surface area contributed by atoms with Gasteiger partial charge in [0.25, 0.3) is 0 Å². The van der Waals surface area contributed by atoms with Crippen molar-refractivity contribution < 1.29 is 14.3 Å². The number of anilines is 1. The molecule has 6 nitrogen and oxygen atoms in total. The van der Waals surface area contributed by atoms with E-state index in [2.05, 4.69) is 21.6 Å². The Labute approximate surface area is 156 Å². The molecule has 0 aromatic heterocycles. The topological polar surface area (TPSA) is 62.8 Å². The summed E-state index contributed by atoms with van der Waals surface area (Å²) in [6.45, 7) is 3.35. The minimum Gasteiger partial charge on any atom is -0.495 e. The van der Waals surface area contributed by atoms with Crippen LogP contribution in [0.2, 0.25) is 0 Å². The Morgan fingerprint density at radius 2 is 2.04 bits per heavy atom. The molecule has 0 spiro atoms. The lowest BCUT2D eigenvalue weighted by Crippen LogP contribution is -2.42. The quantitative estimate of drug-likeness (QED) is 0.669. The van der Waals surface area contributed by atoms with Crippen molar-refractivity contribution in [1.82, 2.24) is 10.6 Å². The number of hydrogen-bond donors (Lipinski definition) is 2. The van der Waals surface area contributed by atoms with Crippen LogP contribution in [0, 0.1) is 0 Å². The molecule has 1 aliphatic rings. The molecule has 0 bridgehead atoms. The molecule has 0 aliphatic carbocycles. The number of carbonyl (C=O) groups is 1. The zero-order valence-electron chi connectivity index (χ0n) is 14.1. The van der Waals surface area contributed by atoms with Crippen molar-refractivity contribution >= 4 is 36.4 Å². The van der Waals surface area contributed by atoms with Crippen molar-refractivity contribution in [3.05, 3.63) is 24.3 Å². The van der Waals surface area contributed by atoms with E-state index in [4.69, 9.17) is 9.47 Å². The highest BCUT2D eigenvalue weighted by atomic mass is 35.5. The predicted octanol–water partition coefficient (Wildman–Crippen LogP) is 1.47. The van der Waals surface area contributed by atoms with Gasteiger partial charge in [-0.15, -0.1) is 24.8 Å². The van der Waals surface area contributed by atoms with Crippen LogP contribution in [0.4, 0.5) is 5.69 Å². The number of halogens is 2. The fourth-order valence-corrected chi connectivity index (χ4v) is 2.64. The van der Waals surface area contributed by atoms with Gasteiger partial charge in [0.2, 0.25) is 5.91 Å². The highest BCUT2D eigenvalue weighted by Gasteiger charge is 2.25. The SMILES string of the molecule is COCCNCC(=O)NC1CCN(c2ccccc2OC)C1.Cl.Cl. The monoisotopic (exact) mass is 379 g/mol. The van der Waals surface area contributed by atoms with Gasteiger partial charge in [-0.2, -0.15) is 0 Å². The maximum atomic E-state index is 11.9. The Morgan fingerprint density at radius 1 is 1.29 bits per heavy atom. The lowest BCUT2D eigenvalue weighted by Gasteiger charge is -2.21. The van der Waals surface area contributed by atoms with Gasteiger partial charge >= 0.3 is 0 Å². The van der Waals surface area contributed by atoms with Crippen LogP contribution >= 0.6 is 24.8 Å². The van der Waals surface area contributed by atoms with Gasteiger partial charge in [0.15, 0.2) is 0 Å². The van der Waals surface area contributed by atoms with E-state index in [0.29, 0.717) is 19.7 Å². The molecule has 1 fully saturated rings. The fourth-order valence-electron chi connectivity index (χ4n) is 2.64. The van der Waals surface area contributed by atoms with E-state index in [0.717, 1.165) is 30.9 Å². The number of para-hydroxylation sites is 2. The Kier molecular flexibility index (Phi) is 11.6. The lowest BCUT2D eigenvalue weighted by molar-refractivity contribution is -0.120. The summed E-state index contributed by atoms with van der Waals surface area (Å²) in [6.07, 6.45) is 0.946. The second-order valence-corrected chi connectivity index (χ2v) is 5.34. The maximum absolute atomic E-state index is 11.9. The molecule has 1 saturated heterocycles. The van der Waals surface area contributed by atoms with Crippen LogP contribution in [-0.2, 0) is 9.53 Å². The van der Waals surface area contributed by atoms with Crippen LogP contribution in [0.15, 0.2) is 24.3 Å². The van der Waals surface area contributed by atoms with E-state index < -0.39 is 0 Å². The summed E-state index contributed by atoms with van der Waals surface area (Å²) in [5.41, 5.74) is 1.08. The second-order valence-electron chi connectivity index (χ2n) is 5.34. The zero-order valence-corrected chi connectivity index (χ0v) is 15.8. The third kappa shape index (κ3) is 6.73. The van der Waals surface area contributed by atoms with E-state index in [1.165, 1.54) is 0 Å². The molecule has 0 radical (unpaired) electrons. The number of nitrogens with zero attached hydrogens (tertiary/aromatic N) is 1. The third-order valence-corrected chi connectivity index (χ3v) is 3.75. The number of amides is 1. The first-order chi connectivity index (χ1) is 10.7. The van der Waals surface area contributed by atoms with Crippen LogP contribution in [-0.4, -0.2) is 59.0 Å². The molecule has 1 aromatic carbocycles. The Hall–Kier alpha value is -1.21. The molecule has 1 aliphatic heterocycles. The molecule has 1 heterocycles. The normalized spacial score (nSPS) is 16.1. The van der Waals surface area contributed by atoms with E-state index in [1.54, 1.807) is 14.2 Å². The Balaban J connectivity index is 0.00000264. The Morgan fingerprint density at radius 3 is 2.75 bits per heavy atom. The molecule has 1 unspecified atom stereocenters. The van der Waals surface area contributed by atoms with Gasteiger partial charge in [-0.3, -0.25) is 4.79 Å². The lowest BCUT2D eigenvalue weighted by atomic mass is 10.2. The molecule has 138 valence electrons. The van der Waals surface area contributed by atoms with Crippen LogP contribution in [0.5, 0.6) is 5.75 Å². The van der Waals surface area contributed by atoms with E-state index >= 15 is 0 Å². The highest BCUT2D eigenvalue weighted by Crippen LogP contribution is 2.30. The van der Waals surface area contributed by atoms with Gasteiger partial charge in [-0.25, -0.2) is 0 Å². The third-order valence-electron chi connectivity index (χ3n) is 3.75. The van der Waals surface area contributed by atoms with Gasteiger partial charge in [-0.1, -0.05) is 12.1 Å². The molecule has 0 saturated carbocycles. The number of hydrogen-bond acceptors (Lipinski definition) is 5. The van der Waals surface area contributed by atoms with Crippen molar-refractivity contribution in [2.24, 2.45) is 0 Å². The number of carbonyl (C=O) groups excluding carboxylic acids is 1. The average molecular weight is 380 g/mol. The highest BCUT2D eigenvalue weighted by molar-refractivity contribution is 5.85. The van der Waals surface area contributed by atoms with Gasteiger partial charge in [-0.05, 0) is 18.6 Å². The molecule has 1 atom stereocenters. The van der Waals surface area contributed by atoms with Crippen molar-refractivity contribution in [2.75, 3.05) is 51.9 Å². The van der Waals surface area contributed by atoms with Crippen molar-refractivity contribution in [3.8, 4) is 5.75 Å². The summed E-state index contributed by atoms with van der Waals surface area (Å²) in [7, 11) is 3.33.